The molecule has 8 heteroatoms. The standard InChI is InChI=1S/C32H26ClN3O3S/c1-3-39-31(38)28-20(2)34-32-36(29(28)22-13-15-24(33)16-14-22)30(37)27(40-32)17-23-19-35(18-21-9-5-4-6-10-21)26-12-8-7-11-25(23)26/h4-17,19,29H,3,18H2,1-2H3/b27-17-/t29-/m0/s1. The van der Waals surface area contributed by atoms with Crippen LogP contribution in [0.3, 0.4) is 0 Å². The number of ether oxygens (including phenoxy) is 1. The number of nitrogens with zero attached hydrogens (tertiary/aromatic N) is 3. The van der Waals surface area contributed by atoms with E-state index in [4.69, 9.17) is 16.3 Å². The number of carbonyl (C=O) groups is 1. The molecule has 200 valence electrons. The molecule has 0 spiro atoms. The third kappa shape index (κ3) is 4.72. The van der Waals surface area contributed by atoms with E-state index in [2.05, 4.69) is 40.0 Å². The van der Waals surface area contributed by atoms with E-state index in [1.807, 2.05) is 48.5 Å². The minimum atomic E-state index is -0.672. The van der Waals surface area contributed by atoms with Crippen molar-refractivity contribution in [2.45, 2.75) is 26.4 Å². The Morgan fingerprint density at radius 1 is 1.05 bits per heavy atom. The lowest BCUT2D eigenvalue weighted by molar-refractivity contribution is -0.139. The van der Waals surface area contributed by atoms with Crippen LogP contribution in [0.2, 0.25) is 5.02 Å². The summed E-state index contributed by atoms with van der Waals surface area (Å²) >= 11 is 7.48. The molecule has 2 aromatic heterocycles. The number of halogens is 1. The van der Waals surface area contributed by atoms with Crippen LogP contribution < -0.4 is 14.9 Å². The van der Waals surface area contributed by atoms with E-state index in [0.717, 1.165) is 28.6 Å². The highest BCUT2D eigenvalue weighted by Gasteiger charge is 2.33. The van der Waals surface area contributed by atoms with Gasteiger partial charge in [-0.2, -0.15) is 0 Å². The molecule has 0 unspecified atom stereocenters. The Morgan fingerprint density at radius 2 is 1.77 bits per heavy atom. The first kappa shape index (κ1) is 26.0. The molecule has 1 aliphatic rings. The number of thiazole rings is 1. The van der Waals surface area contributed by atoms with Crippen molar-refractivity contribution in [1.82, 2.24) is 9.13 Å². The molecule has 0 saturated carbocycles. The first-order chi connectivity index (χ1) is 19.4. The van der Waals surface area contributed by atoms with Crippen molar-refractivity contribution in [3.05, 3.63) is 138 Å². The van der Waals surface area contributed by atoms with Crippen LogP contribution >= 0.6 is 22.9 Å². The minimum absolute atomic E-state index is 0.210. The Morgan fingerprint density at radius 3 is 2.52 bits per heavy atom. The van der Waals surface area contributed by atoms with Gasteiger partial charge in [0, 0.05) is 34.2 Å². The Labute approximate surface area is 239 Å². The average Bonchev–Trinajstić information content (AvgIpc) is 3.45. The van der Waals surface area contributed by atoms with Crippen LogP contribution in [0.1, 0.15) is 36.6 Å². The summed E-state index contributed by atoms with van der Waals surface area (Å²) in [7, 11) is 0. The summed E-state index contributed by atoms with van der Waals surface area (Å²) in [6, 6.07) is 25.0. The molecule has 0 N–H and O–H groups in total. The molecule has 0 aliphatic carbocycles. The van der Waals surface area contributed by atoms with E-state index >= 15 is 0 Å². The SMILES string of the molecule is CCOC(=O)C1=C(C)N=c2s/c(=C\c3cn(Cc4ccccc4)c4ccccc34)c(=O)n2[C@H]1c1ccc(Cl)cc1. The van der Waals surface area contributed by atoms with Crippen molar-refractivity contribution in [2.24, 2.45) is 4.99 Å². The Balaban J connectivity index is 1.52. The molecule has 0 saturated heterocycles. The van der Waals surface area contributed by atoms with Crippen LogP contribution in [0.25, 0.3) is 17.0 Å². The molecule has 3 aromatic carbocycles. The fourth-order valence-electron chi connectivity index (χ4n) is 5.19. The minimum Gasteiger partial charge on any atom is -0.463 e. The number of carbonyl (C=O) groups excluding carboxylic acids is 1. The number of esters is 1. The lowest BCUT2D eigenvalue weighted by Crippen LogP contribution is -2.39. The van der Waals surface area contributed by atoms with Gasteiger partial charge in [-0.1, -0.05) is 83.6 Å². The van der Waals surface area contributed by atoms with Crippen molar-refractivity contribution in [1.29, 1.82) is 0 Å². The Bertz CT molecular complexity index is 1950. The predicted molar refractivity (Wildman–Crippen MR) is 159 cm³/mol. The number of hydrogen-bond donors (Lipinski definition) is 0. The van der Waals surface area contributed by atoms with Gasteiger partial charge < -0.3 is 9.30 Å². The van der Waals surface area contributed by atoms with Crippen molar-refractivity contribution in [2.75, 3.05) is 6.61 Å². The molecule has 0 fully saturated rings. The van der Waals surface area contributed by atoms with Gasteiger partial charge >= 0.3 is 5.97 Å². The molecule has 0 bridgehead atoms. The van der Waals surface area contributed by atoms with Gasteiger partial charge in [-0.15, -0.1) is 0 Å². The fraction of sp³-hybridized carbons (Fsp3) is 0.156. The second-order valence-electron chi connectivity index (χ2n) is 9.57. The van der Waals surface area contributed by atoms with Crippen LogP contribution in [0.15, 0.2) is 106 Å². The third-order valence-electron chi connectivity index (χ3n) is 7.00. The smallest absolute Gasteiger partial charge is 0.338 e. The van der Waals surface area contributed by atoms with Crippen LogP contribution in [0.5, 0.6) is 0 Å². The summed E-state index contributed by atoms with van der Waals surface area (Å²) in [4.78, 5) is 32.3. The van der Waals surface area contributed by atoms with Gasteiger partial charge in [0.25, 0.3) is 5.56 Å². The zero-order chi connectivity index (χ0) is 27.8. The highest BCUT2D eigenvalue weighted by Crippen LogP contribution is 2.31. The van der Waals surface area contributed by atoms with Crippen molar-refractivity contribution in [3.8, 4) is 0 Å². The van der Waals surface area contributed by atoms with Gasteiger partial charge in [0.2, 0.25) is 0 Å². The highest BCUT2D eigenvalue weighted by molar-refractivity contribution is 7.07. The zero-order valence-corrected chi connectivity index (χ0v) is 23.6. The molecule has 5 aromatic rings. The van der Waals surface area contributed by atoms with E-state index in [1.165, 1.54) is 16.9 Å². The largest absolute Gasteiger partial charge is 0.463 e. The molecule has 6 rings (SSSR count). The molecule has 3 heterocycles. The van der Waals surface area contributed by atoms with E-state index in [9.17, 15) is 9.59 Å². The topological polar surface area (TPSA) is 65.6 Å². The van der Waals surface area contributed by atoms with E-state index in [-0.39, 0.29) is 12.2 Å². The van der Waals surface area contributed by atoms with Gasteiger partial charge in [0.1, 0.15) is 0 Å². The molecule has 0 amide bonds. The van der Waals surface area contributed by atoms with Gasteiger partial charge in [-0.05, 0) is 49.2 Å². The van der Waals surface area contributed by atoms with Crippen molar-refractivity contribution >= 4 is 45.9 Å². The number of fused-ring (bicyclic) bond motifs is 2. The highest BCUT2D eigenvalue weighted by atomic mass is 35.5. The maximum atomic E-state index is 14.0. The van der Waals surface area contributed by atoms with E-state index < -0.39 is 12.0 Å². The second kappa shape index (κ2) is 10.8. The normalized spacial score (nSPS) is 15.3. The molecule has 0 radical (unpaired) electrons. The predicted octanol–water partition coefficient (Wildman–Crippen LogP) is 5.45. The monoisotopic (exact) mass is 567 g/mol. The van der Waals surface area contributed by atoms with Crippen LogP contribution in [-0.4, -0.2) is 21.7 Å². The molecule has 40 heavy (non-hydrogen) atoms. The maximum Gasteiger partial charge on any atom is 0.338 e. The summed E-state index contributed by atoms with van der Waals surface area (Å²) in [6.07, 6.45) is 4.01. The van der Waals surface area contributed by atoms with Gasteiger partial charge in [-0.25, -0.2) is 9.79 Å². The van der Waals surface area contributed by atoms with Gasteiger partial charge in [0.15, 0.2) is 4.80 Å². The fourth-order valence-corrected chi connectivity index (χ4v) is 6.36. The molecule has 1 atom stereocenters. The summed E-state index contributed by atoms with van der Waals surface area (Å²) in [5.41, 5.74) is 4.66. The van der Waals surface area contributed by atoms with Crippen LogP contribution in [0, 0.1) is 0 Å². The van der Waals surface area contributed by atoms with Gasteiger partial charge in [-0.3, -0.25) is 9.36 Å². The summed E-state index contributed by atoms with van der Waals surface area (Å²) in [5, 5.41) is 1.63. The number of hydrogen-bond acceptors (Lipinski definition) is 5. The van der Waals surface area contributed by atoms with Crippen molar-refractivity contribution < 1.29 is 9.53 Å². The van der Waals surface area contributed by atoms with E-state index in [0.29, 0.717) is 25.6 Å². The first-order valence-corrected chi connectivity index (χ1v) is 14.2. The number of aromatic nitrogens is 2. The average molecular weight is 568 g/mol. The number of allylic oxidation sites excluding steroid dienone is 1. The number of rotatable bonds is 6. The Hall–Kier alpha value is -4.20. The molecule has 1 aliphatic heterocycles. The molecule has 6 nitrogen and oxygen atoms in total. The van der Waals surface area contributed by atoms with Crippen LogP contribution in [-0.2, 0) is 16.1 Å². The lowest BCUT2D eigenvalue weighted by Gasteiger charge is -2.24. The summed E-state index contributed by atoms with van der Waals surface area (Å²) < 4.78 is 9.72. The quantitative estimate of drug-likeness (QED) is 0.256. The number of benzene rings is 3. The Kier molecular flexibility index (Phi) is 7.00. The maximum absolute atomic E-state index is 14.0. The zero-order valence-electron chi connectivity index (χ0n) is 22.0. The van der Waals surface area contributed by atoms with Gasteiger partial charge in [0.05, 0.1) is 28.5 Å². The van der Waals surface area contributed by atoms with Crippen molar-refractivity contribution in [3.63, 3.8) is 0 Å². The first-order valence-electron chi connectivity index (χ1n) is 13.0. The lowest BCUT2D eigenvalue weighted by atomic mass is 9.96. The summed E-state index contributed by atoms with van der Waals surface area (Å²) in [6.45, 7) is 4.48. The third-order valence-corrected chi connectivity index (χ3v) is 8.24. The molecular weight excluding hydrogens is 542 g/mol. The van der Waals surface area contributed by atoms with E-state index in [1.54, 1.807) is 30.5 Å². The number of para-hydroxylation sites is 1. The molecular formula is C32H26ClN3O3S. The second-order valence-corrected chi connectivity index (χ2v) is 11.0. The summed E-state index contributed by atoms with van der Waals surface area (Å²) in [5.74, 6) is -0.484. The van der Waals surface area contributed by atoms with Crippen LogP contribution in [0.4, 0.5) is 0 Å².